The number of carbonyl (C=O) groups is 2. The van der Waals surface area contributed by atoms with E-state index < -0.39 is 0 Å². The van der Waals surface area contributed by atoms with Crippen LogP contribution in [-0.4, -0.2) is 60.9 Å². The molecule has 0 saturated carbocycles. The second-order valence-corrected chi connectivity index (χ2v) is 5.29. The Labute approximate surface area is 124 Å². The summed E-state index contributed by atoms with van der Waals surface area (Å²) >= 11 is 0. The fraction of sp³-hybridized carbons (Fsp3) is 0.467. The van der Waals surface area contributed by atoms with Crippen molar-refractivity contribution in [2.24, 2.45) is 5.73 Å². The molecule has 0 radical (unpaired) electrons. The number of likely N-dealkylation sites (N-methyl/N-ethyl adjacent to an activating group) is 1. The van der Waals surface area contributed by atoms with E-state index >= 15 is 0 Å². The van der Waals surface area contributed by atoms with Crippen molar-refractivity contribution in [2.45, 2.75) is 12.6 Å². The number of nitrogens with one attached hydrogen (secondary N) is 1. The normalized spacial score (nSPS) is 20.1. The molecule has 1 heterocycles. The maximum Gasteiger partial charge on any atom is 0.238 e. The highest BCUT2D eigenvalue weighted by Crippen LogP contribution is 2.14. The van der Waals surface area contributed by atoms with Crippen LogP contribution in [-0.2, 0) is 16.1 Å². The molecule has 6 heteroatoms. The third kappa shape index (κ3) is 4.27. The Morgan fingerprint density at radius 2 is 2.00 bits per heavy atom. The van der Waals surface area contributed by atoms with E-state index in [1.54, 1.807) is 7.05 Å². The van der Waals surface area contributed by atoms with Gasteiger partial charge in [-0.25, -0.2) is 0 Å². The molecule has 6 nitrogen and oxygen atoms in total. The quantitative estimate of drug-likeness (QED) is 0.759. The minimum atomic E-state index is -0.359. The van der Waals surface area contributed by atoms with Gasteiger partial charge in [-0.15, -0.1) is 0 Å². The average molecular weight is 290 g/mol. The predicted octanol–water partition coefficient (Wildman–Crippen LogP) is -0.596. The molecule has 3 N–H and O–H groups in total. The Morgan fingerprint density at radius 3 is 2.62 bits per heavy atom. The van der Waals surface area contributed by atoms with Crippen molar-refractivity contribution in [3.63, 3.8) is 0 Å². The molecule has 1 atom stereocenters. The Hall–Kier alpha value is -1.92. The molecule has 1 aromatic rings. The summed E-state index contributed by atoms with van der Waals surface area (Å²) in [5, 5.41) is 2.70. The van der Waals surface area contributed by atoms with Gasteiger partial charge in [0.05, 0.1) is 6.54 Å². The summed E-state index contributed by atoms with van der Waals surface area (Å²) in [7, 11) is 1.63. The third-order valence-electron chi connectivity index (χ3n) is 3.73. The number of primary amides is 1. The summed E-state index contributed by atoms with van der Waals surface area (Å²) < 4.78 is 0. The molecule has 0 unspecified atom stereocenters. The zero-order chi connectivity index (χ0) is 15.2. The fourth-order valence-corrected chi connectivity index (χ4v) is 2.66. The Kier molecular flexibility index (Phi) is 5.30. The van der Waals surface area contributed by atoms with E-state index in [0.717, 1.165) is 19.6 Å². The number of piperazine rings is 1. The molecule has 1 aromatic carbocycles. The first-order valence-corrected chi connectivity index (χ1v) is 7.10. The van der Waals surface area contributed by atoms with E-state index in [9.17, 15) is 9.59 Å². The SMILES string of the molecule is CNC(=O)[C@H]1CN(CC(N)=O)CCN1Cc1ccccc1. The molecule has 1 aliphatic rings. The molecule has 0 bridgehead atoms. The van der Waals surface area contributed by atoms with Gasteiger partial charge in [-0.3, -0.25) is 19.4 Å². The first-order chi connectivity index (χ1) is 10.1. The van der Waals surface area contributed by atoms with E-state index in [4.69, 9.17) is 5.73 Å². The lowest BCUT2D eigenvalue weighted by molar-refractivity contribution is -0.130. The van der Waals surface area contributed by atoms with Crippen LogP contribution in [0.15, 0.2) is 30.3 Å². The summed E-state index contributed by atoms with van der Waals surface area (Å²) in [6.07, 6.45) is 0. The van der Waals surface area contributed by atoms with Crippen molar-refractivity contribution in [1.82, 2.24) is 15.1 Å². The van der Waals surface area contributed by atoms with Crippen LogP contribution in [0.2, 0.25) is 0 Å². The van der Waals surface area contributed by atoms with Crippen molar-refractivity contribution < 1.29 is 9.59 Å². The summed E-state index contributed by atoms with van der Waals surface area (Å²) in [5.41, 5.74) is 6.42. The number of amides is 2. The standard InChI is InChI=1S/C15H22N4O2/c1-17-15(21)13-10-18(11-14(16)20)7-8-19(13)9-12-5-3-2-4-6-12/h2-6,13H,7-11H2,1H3,(H2,16,20)(H,17,21)/t13-/m1/s1. The Balaban J connectivity index is 2.05. The van der Waals surface area contributed by atoms with Crippen molar-refractivity contribution in [3.05, 3.63) is 35.9 Å². The molecular weight excluding hydrogens is 268 g/mol. The second-order valence-electron chi connectivity index (χ2n) is 5.29. The van der Waals surface area contributed by atoms with Crippen LogP contribution in [0.3, 0.4) is 0 Å². The maximum absolute atomic E-state index is 12.1. The molecule has 114 valence electrons. The van der Waals surface area contributed by atoms with E-state index in [2.05, 4.69) is 22.3 Å². The highest BCUT2D eigenvalue weighted by atomic mass is 16.2. The number of benzene rings is 1. The number of rotatable bonds is 5. The van der Waals surface area contributed by atoms with E-state index in [-0.39, 0.29) is 24.4 Å². The van der Waals surface area contributed by atoms with Gasteiger partial charge in [-0.2, -0.15) is 0 Å². The lowest BCUT2D eigenvalue weighted by Crippen LogP contribution is -2.59. The Morgan fingerprint density at radius 1 is 1.29 bits per heavy atom. The van der Waals surface area contributed by atoms with Crippen LogP contribution in [0, 0.1) is 0 Å². The van der Waals surface area contributed by atoms with E-state index in [1.807, 2.05) is 23.1 Å². The van der Waals surface area contributed by atoms with Crippen LogP contribution >= 0.6 is 0 Å². The first-order valence-electron chi connectivity index (χ1n) is 7.10. The monoisotopic (exact) mass is 290 g/mol. The number of hydrogen-bond acceptors (Lipinski definition) is 4. The zero-order valence-corrected chi connectivity index (χ0v) is 12.3. The van der Waals surface area contributed by atoms with Gasteiger partial charge in [0.2, 0.25) is 11.8 Å². The topological polar surface area (TPSA) is 78.7 Å². The molecule has 0 aromatic heterocycles. The molecular formula is C15H22N4O2. The molecule has 0 aliphatic carbocycles. The number of carbonyl (C=O) groups excluding carboxylic acids is 2. The summed E-state index contributed by atoms with van der Waals surface area (Å²) in [6.45, 7) is 2.93. The molecule has 1 saturated heterocycles. The smallest absolute Gasteiger partial charge is 0.238 e. The largest absolute Gasteiger partial charge is 0.369 e. The maximum atomic E-state index is 12.1. The van der Waals surface area contributed by atoms with E-state index in [1.165, 1.54) is 5.56 Å². The van der Waals surface area contributed by atoms with Gasteiger partial charge in [-0.1, -0.05) is 30.3 Å². The highest BCUT2D eigenvalue weighted by molar-refractivity contribution is 5.82. The molecule has 21 heavy (non-hydrogen) atoms. The average Bonchev–Trinajstić information content (AvgIpc) is 2.48. The summed E-state index contributed by atoms with van der Waals surface area (Å²) in [4.78, 5) is 27.2. The number of nitrogens with zero attached hydrogens (tertiary/aromatic N) is 2. The number of hydrogen-bond donors (Lipinski definition) is 2. The van der Waals surface area contributed by atoms with E-state index in [0.29, 0.717) is 6.54 Å². The minimum Gasteiger partial charge on any atom is -0.369 e. The molecule has 1 fully saturated rings. The van der Waals surface area contributed by atoms with Gasteiger partial charge in [-0.05, 0) is 5.56 Å². The molecule has 0 spiro atoms. The summed E-state index contributed by atoms with van der Waals surface area (Å²) in [6, 6.07) is 9.81. The fourth-order valence-electron chi connectivity index (χ4n) is 2.66. The molecule has 2 amide bonds. The van der Waals surface area contributed by atoms with Gasteiger partial charge < -0.3 is 11.1 Å². The predicted molar refractivity (Wildman–Crippen MR) is 80.3 cm³/mol. The number of nitrogens with two attached hydrogens (primary N) is 1. The lowest BCUT2D eigenvalue weighted by atomic mass is 10.1. The van der Waals surface area contributed by atoms with Gasteiger partial charge in [0.15, 0.2) is 0 Å². The third-order valence-corrected chi connectivity index (χ3v) is 3.73. The van der Waals surface area contributed by atoms with Crippen LogP contribution in [0.4, 0.5) is 0 Å². The Bertz CT molecular complexity index is 492. The highest BCUT2D eigenvalue weighted by Gasteiger charge is 2.32. The summed E-state index contributed by atoms with van der Waals surface area (Å²) in [5.74, 6) is -0.387. The van der Waals surface area contributed by atoms with Gasteiger partial charge in [0, 0.05) is 33.2 Å². The van der Waals surface area contributed by atoms with Crippen molar-refractivity contribution >= 4 is 11.8 Å². The van der Waals surface area contributed by atoms with Crippen LogP contribution in [0.25, 0.3) is 0 Å². The zero-order valence-electron chi connectivity index (χ0n) is 12.3. The van der Waals surface area contributed by atoms with Crippen molar-refractivity contribution in [2.75, 3.05) is 33.2 Å². The first kappa shape index (κ1) is 15.5. The lowest BCUT2D eigenvalue weighted by Gasteiger charge is -2.40. The minimum absolute atomic E-state index is 0.0277. The van der Waals surface area contributed by atoms with Crippen LogP contribution in [0.5, 0.6) is 0 Å². The van der Waals surface area contributed by atoms with Gasteiger partial charge in [0.1, 0.15) is 6.04 Å². The molecule has 2 rings (SSSR count). The van der Waals surface area contributed by atoms with Crippen LogP contribution < -0.4 is 11.1 Å². The van der Waals surface area contributed by atoms with Gasteiger partial charge >= 0.3 is 0 Å². The van der Waals surface area contributed by atoms with Crippen molar-refractivity contribution in [3.8, 4) is 0 Å². The van der Waals surface area contributed by atoms with Gasteiger partial charge in [0.25, 0.3) is 0 Å². The second kappa shape index (κ2) is 7.19. The molecule has 1 aliphatic heterocycles. The van der Waals surface area contributed by atoms with Crippen molar-refractivity contribution in [1.29, 1.82) is 0 Å². The van der Waals surface area contributed by atoms with Crippen LogP contribution in [0.1, 0.15) is 5.56 Å².